The van der Waals surface area contributed by atoms with Crippen molar-refractivity contribution in [2.24, 2.45) is 0 Å². The minimum atomic E-state index is -1.74. The maximum atomic E-state index is 8.55. The molecule has 0 aromatic rings. The summed E-state index contributed by atoms with van der Waals surface area (Å²) in [5, 5.41) is 19.5. The second-order valence-corrected chi connectivity index (χ2v) is 1.51. The number of nitrogens with one attached hydrogen (secondary N) is 1. The van der Waals surface area contributed by atoms with Crippen molar-refractivity contribution in [3.63, 3.8) is 0 Å². The van der Waals surface area contributed by atoms with Crippen LogP contribution in [-0.2, 0) is 0 Å². The lowest BCUT2D eigenvalue weighted by Crippen LogP contribution is -2.38. The van der Waals surface area contributed by atoms with Crippen molar-refractivity contribution in [3.05, 3.63) is 12.2 Å². The maximum absolute atomic E-state index is 8.55. The smallest absolute Gasteiger partial charge is 0.243 e. The number of hydrogen-bond acceptors (Lipinski definition) is 3. The third kappa shape index (κ3) is 0.991. The van der Waals surface area contributed by atoms with E-state index in [1.807, 2.05) is 0 Å². The molecule has 1 aliphatic rings. The molecular formula is C4H7NO2. The molecule has 0 aliphatic carbocycles. The molecule has 0 amide bonds. The first-order chi connectivity index (χ1) is 3.21. The Morgan fingerprint density at radius 3 is 2.43 bits per heavy atom. The van der Waals surface area contributed by atoms with Crippen LogP contribution < -0.4 is 5.32 Å². The molecule has 3 nitrogen and oxygen atoms in total. The van der Waals surface area contributed by atoms with Gasteiger partial charge in [0.15, 0.2) is 0 Å². The summed E-state index contributed by atoms with van der Waals surface area (Å²) in [4.78, 5) is 0. The van der Waals surface area contributed by atoms with Gasteiger partial charge in [0.25, 0.3) is 0 Å². The summed E-state index contributed by atoms with van der Waals surface area (Å²) in [5.41, 5.74) is 0. The Morgan fingerprint density at radius 2 is 2.29 bits per heavy atom. The second-order valence-electron chi connectivity index (χ2n) is 1.51. The van der Waals surface area contributed by atoms with Crippen LogP contribution >= 0.6 is 0 Å². The topological polar surface area (TPSA) is 52.5 Å². The normalized spacial score (nSPS) is 26.0. The van der Waals surface area contributed by atoms with Crippen LogP contribution in [0.5, 0.6) is 0 Å². The van der Waals surface area contributed by atoms with E-state index < -0.39 is 5.91 Å². The standard InChI is InChI=1S/C4H7NO2/c6-4(7)2-1-3-5-4/h1-2,5-7H,3H2. The van der Waals surface area contributed by atoms with Crippen LogP contribution in [0.4, 0.5) is 0 Å². The number of aliphatic hydroxyl groups is 2. The van der Waals surface area contributed by atoms with Crippen LogP contribution in [0.2, 0.25) is 0 Å². The van der Waals surface area contributed by atoms with Crippen molar-refractivity contribution < 1.29 is 10.2 Å². The summed E-state index contributed by atoms with van der Waals surface area (Å²) in [6.45, 7) is 0.535. The molecule has 0 fully saturated rings. The maximum Gasteiger partial charge on any atom is 0.243 e. The van der Waals surface area contributed by atoms with Gasteiger partial charge in [0.05, 0.1) is 0 Å². The van der Waals surface area contributed by atoms with Crippen molar-refractivity contribution in [2.75, 3.05) is 6.54 Å². The SMILES string of the molecule is OC1(O)C=CCN1. The minimum Gasteiger partial charge on any atom is -0.350 e. The van der Waals surface area contributed by atoms with Gasteiger partial charge in [-0.1, -0.05) is 6.08 Å². The summed E-state index contributed by atoms with van der Waals surface area (Å²) < 4.78 is 0. The summed E-state index contributed by atoms with van der Waals surface area (Å²) in [6, 6.07) is 0. The lowest BCUT2D eigenvalue weighted by Gasteiger charge is -2.10. The molecule has 3 N–H and O–H groups in total. The van der Waals surface area contributed by atoms with Gasteiger partial charge in [-0.15, -0.1) is 0 Å². The molecule has 7 heavy (non-hydrogen) atoms. The highest BCUT2D eigenvalue weighted by Gasteiger charge is 2.20. The lowest BCUT2D eigenvalue weighted by molar-refractivity contribution is -0.135. The Balaban J connectivity index is 2.57. The van der Waals surface area contributed by atoms with Crippen LogP contribution in [0.25, 0.3) is 0 Å². The molecule has 40 valence electrons. The molecule has 0 unspecified atom stereocenters. The summed E-state index contributed by atoms with van der Waals surface area (Å²) in [7, 11) is 0. The summed E-state index contributed by atoms with van der Waals surface area (Å²) in [6.07, 6.45) is 2.95. The van der Waals surface area contributed by atoms with E-state index in [0.717, 1.165) is 0 Å². The Hall–Kier alpha value is -0.380. The van der Waals surface area contributed by atoms with E-state index in [9.17, 15) is 0 Å². The predicted molar refractivity (Wildman–Crippen MR) is 24.3 cm³/mol. The monoisotopic (exact) mass is 101 g/mol. The van der Waals surface area contributed by atoms with Crippen LogP contribution in [-0.4, -0.2) is 22.7 Å². The molecule has 0 atom stereocenters. The van der Waals surface area contributed by atoms with Crippen LogP contribution in [0.3, 0.4) is 0 Å². The van der Waals surface area contributed by atoms with Gasteiger partial charge in [-0.2, -0.15) is 0 Å². The zero-order valence-electron chi connectivity index (χ0n) is 3.76. The van der Waals surface area contributed by atoms with Gasteiger partial charge in [-0.25, -0.2) is 0 Å². The van der Waals surface area contributed by atoms with Gasteiger partial charge in [-0.3, -0.25) is 5.32 Å². The van der Waals surface area contributed by atoms with E-state index in [1.54, 1.807) is 6.08 Å². The van der Waals surface area contributed by atoms with Gasteiger partial charge in [0.1, 0.15) is 0 Å². The fourth-order valence-electron chi connectivity index (χ4n) is 0.491. The molecule has 0 saturated heterocycles. The summed E-state index contributed by atoms with van der Waals surface area (Å²) in [5.74, 6) is -1.74. The van der Waals surface area contributed by atoms with Crippen molar-refractivity contribution >= 4 is 0 Å². The van der Waals surface area contributed by atoms with Gasteiger partial charge >= 0.3 is 0 Å². The van der Waals surface area contributed by atoms with E-state index >= 15 is 0 Å². The number of hydrogen-bond donors (Lipinski definition) is 3. The highest BCUT2D eigenvalue weighted by atomic mass is 16.5. The van der Waals surface area contributed by atoms with Crippen molar-refractivity contribution in [2.45, 2.75) is 5.91 Å². The number of rotatable bonds is 0. The van der Waals surface area contributed by atoms with Gasteiger partial charge < -0.3 is 10.2 Å². The average Bonchev–Trinajstić information content (AvgIpc) is 1.84. The zero-order valence-corrected chi connectivity index (χ0v) is 3.76. The Morgan fingerprint density at radius 1 is 1.57 bits per heavy atom. The summed E-state index contributed by atoms with van der Waals surface area (Å²) >= 11 is 0. The van der Waals surface area contributed by atoms with Crippen molar-refractivity contribution in [1.29, 1.82) is 0 Å². The van der Waals surface area contributed by atoms with Gasteiger partial charge in [0, 0.05) is 6.54 Å². The fourth-order valence-corrected chi connectivity index (χ4v) is 0.491. The molecule has 0 spiro atoms. The first-order valence-electron chi connectivity index (χ1n) is 2.08. The molecule has 0 radical (unpaired) electrons. The molecule has 1 aliphatic heterocycles. The zero-order chi connectivity index (χ0) is 5.33. The first kappa shape index (κ1) is 4.77. The molecule has 3 heteroatoms. The van der Waals surface area contributed by atoms with E-state index in [0.29, 0.717) is 6.54 Å². The van der Waals surface area contributed by atoms with Crippen LogP contribution in [0.15, 0.2) is 12.2 Å². The molecule has 1 heterocycles. The van der Waals surface area contributed by atoms with E-state index in [1.165, 1.54) is 6.08 Å². The van der Waals surface area contributed by atoms with Gasteiger partial charge in [0.2, 0.25) is 5.91 Å². The third-order valence-electron chi connectivity index (χ3n) is 0.830. The highest BCUT2D eigenvalue weighted by molar-refractivity contribution is 5.00. The van der Waals surface area contributed by atoms with Crippen molar-refractivity contribution in [3.8, 4) is 0 Å². The van der Waals surface area contributed by atoms with Crippen molar-refractivity contribution in [1.82, 2.24) is 5.32 Å². The van der Waals surface area contributed by atoms with Gasteiger partial charge in [-0.05, 0) is 6.08 Å². The predicted octanol–water partition coefficient (Wildman–Crippen LogP) is -1.22. The van der Waals surface area contributed by atoms with E-state index in [4.69, 9.17) is 10.2 Å². The lowest BCUT2D eigenvalue weighted by atomic mass is 10.5. The third-order valence-corrected chi connectivity index (χ3v) is 0.830. The average molecular weight is 101 g/mol. The quantitative estimate of drug-likeness (QED) is 0.265. The Kier molecular flexibility index (Phi) is 0.883. The molecule has 0 aromatic heterocycles. The highest BCUT2D eigenvalue weighted by Crippen LogP contribution is 2.00. The van der Waals surface area contributed by atoms with Crippen LogP contribution in [0, 0.1) is 0 Å². The van der Waals surface area contributed by atoms with E-state index in [2.05, 4.69) is 5.32 Å². The molecular weight excluding hydrogens is 94.0 g/mol. The second kappa shape index (κ2) is 1.30. The molecule has 1 rings (SSSR count). The first-order valence-corrected chi connectivity index (χ1v) is 2.08. The Labute approximate surface area is 41.3 Å². The largest absolute Gasteiger partial charge is 0.350 e. The molecule has 0 saturated carbocycles. The van der Waals surface area contributed by atoms with Crippen LogP contribution in [0.1, 0.15) is 0 Å². The minimum absolute atomic E-state index is 0.535. The Bertz CT molecular complexity index is 97.9. The molecule has 0 bridgehead atoms. The molecule has 0 aromatic carbocycles. The van der Waals surface area contributed by atoms with E-state index in [-0.39, 0.29) is 0 Å². The fraction of sp³-hybridized carbons (Fsp3) is 0.500.